The average Bonchev–Trinajstić information content (AvgIpc) is 2.47. The molecule has 2 heterocycles. The molecule has 6 nitrogen and oxygen atoms in total. The van der Waals surface area contributed by atoms with Gasteiger partial charge in [-0.15, -0.1) is 0 Å². The van der Waals surface area contributed by atoms with Crippen LogP contribution in [0.3, 0.4) is 0 Å². The third kappa shape index (κ3) is 3.16. The Kier molecular flexibility index (Phi) is 4.38. The molecule has 2 aromatic rings. The van der Waals surface area contributed by atoms with Crippen LogP contribution in [0.25, 0.3) is 0 Å². The van der Waals surface area contributed by atoms with E-state index in [1.807, 2.05) is 0 Å². The summed E-state index contributed by atoms with van der Waals surface area (Å²) in [6.45, 7) is 1.64. The minimum absolute atomic E-state index is 0.0512. The maximum Gasteiger partial charge on any atom is 0.254 e. The molecule has 3 rings (SSSR count). The van der Waals surface area contributed by atoms with Crippen molar-refractivity contribution < 1.29 is 21.9 Å². The van der Waals surface area contributed by atoms with E-state index in [9.17, 15) is 22.0 Å². The Morgan fingerprint density at radius 1 is 1.16 bits per heavy atom. The fourth-order valence-corrected chi connectivity index (χ4v) is 4.14. The number of pyridine rings is 1. The van der Waals surface area contributed by atoms with Gasteiger partial charge in [-0.2, -0.15) is 4.31 Å². The van der Waals surface area contributed by atoms with Crippen LogP contribution in [0.2, 0.25) is 0 Å². The van der Waals surface area contributed by atoms with Crippen molar-refractivity contribution >= 4 is 10.0 Å². The zero-order valence-electron chi connectivity index (χ0n) is 13.6. The minimum atomic E-state index is -4.27. The number of ether oxygens (including phenoxy) is 1. The smallest absolute Gasteiger partial charge is 0.254 e. The van der Waals surface area contributed by atoms with E-state index in [0.717, 1.165) is 22.5 Å². The summed E-state index contributed by atoms with van der Waals surface area (Å²) in [5, 5.41) is 0. The molecule has 1 saturated heterocycles. The van der Waals surface area contributed by atoms with Gasteiger partial charge in [0.05, 0.1) is 13.1 Å². The first-order chi connectivity index (χ1) is 11.7. The van der Waals surface area contributed by atoms with Gasteiger partial charge in [0.2, 0.25) is 10.0 Å². The first kappa shape index (κ1) is 17.6. The number of benzene rings is 1. The standard InChI is InChI=1S/C16H16F2N2O4S/c1-10-6-11(7-15(21)19(10)2)24-12-8-20(9-12)25(22,23)16-13(17)4-3-5-14(16)18/h3-7,12H,8-9H2,1-2H3. The van der Waals surface area contributed by atoms with Gasteiger partial charge in [-0.3, -0.25) is 4.79 Å². The topological polar surface area (TPSA) is 68.6 Å². The van der Waals surface area contributed by atoms with E-state index in [1.165, 1.54) is 10.6 Å². The van der Waals surface area contributed by atoms with Crippen molar-refractivity contribution in [3.05, 3.63) is 58.0 Å². The second-order valence-corrected chi connectivity index (χ2v) is 7.72. The Morgan fingerprint density at radius 3 is 2.32 bits per heavy atom. The minimum Gasteiger partial charge on any atom is -0.487 e. The second kappa shape index (κ2) is 6.23. The largest absolute Gasteiger partial charge is 0.487 e. The van der Waals surface area contributed by atoms with Crippen molar-refractivity contribution in [1.29, 1.82) is 0 Å². The van der Waals surface area contributed by atoms with Crippen molar-refractivity contribution in [1.82, 2.24) is 8.87 Å². The quantitative estimate of drug-likeness (QED) is 0.816. The summed E-state index contributed by atoms with van der Waals surface area (Å²) in [6, 6.07) is 5.86. The zero-order chi connectivity index (χ0) is 18.4. The molecule has 1 aromatic heterocycles. The van der Waals surface area contributed by atoms with Crippen molar-refractivity contribution in [2.45, 2.75) is 17.9 Å². The van der Waals surface area contributed by atoms with Crippen LogP contribution in [-0.4, -0.2) is 36.5 Å². The van der Waals surface area contributed by atoms with Crippen LogP contribution < -0.4 is 10.3 Å². The number of halogens is 2. The molecule has 1 aliphatic heterocycles. The number of nitrogens with zero attached hydrogens (tertiary/aromatic N) is 2. The maximum atomic E-state index is 13.7. The van der Waals surface area contributed by atoms with Gasteiger partial charge < -0.3 is 9.30 Å². The van der Waals surface area contributed by atoms with E-state index in [2.05, 4.69) is 0 Å². The molecular weight excluding hydrogens is 354 g/mol. The molecule has 0 atom stereocenters. The molecule has 134 valence electrons. The van der Waals surface area contributed by atoms with Gasteiger partial charge in [0.25, 0.3) is 5.56 Å². The van der Waals surface area contributed by atoms with Crippen LogP contribution in [0.4, 0.5) is 8.78 Å². The highest BCUT2D eigenvalue weighted by molar-refractivity contribution is 7.89. The second-order valence-electron chi connectivity index (χ2n) is 5.84. The van der Waals surface area contributed by atoms with Crippen LogP contribution in [-0.2, 0) is 17.1 Å². The normalized spacial score (nSPS) is 15.8. The molecular formula is C16H16F2N2O4S. The number of sulfonamides is 1. The van der Waals surface area contributed by atoms with E-state index in [0.29, 0.717) is 11.4 Å². The van der Waals surface area contributed by atoms with Gasteiger partial charge in [0.1, 0.15) is 23.5 Å². The monoisotopic (exact) mass is 370 g/mol. The molecule has 0 N–H and O–H groups in total. The summed E-state index contributed by atoms with van der Waals surface area (Å²) >= 11 is 0. The lowest BCUT2D eigenvalue weighted by Gasteiger charge is -2.37. The molecule has 1 fully saturated rings. The van der Waals surface area contributed by atoms with E-state index in [1.54, 1.807) is 20.0 Å². The molecule has 0 radical (unpaired) electrons. The van der Waals surface area contributed by atoms with E-state index in [-0.39, 0.29) is 18.6 Å². The maximum absolute atomic E-state index is 13.7. The summed E-state index contributed by atoms with van der Waals surface area (Å²) in [4.78, 5) is 10.8. The Morgan fingerprint density at radius 2 is 1.76 bits per heavy atom. The Hall–Kier alpha value is -2.26. The fourth-order valence-electron chi connectivity index (χ4n) is 2.53. The zero-order valence-corrected chi connectivity index (χ0v) is 14.4. The Bertz CT molecular complexity index is 962. The molecule has 0 bridgehead atoms. The summed E-state index contributed by atoms with van der Waals surface area (Å²) < 4.78 is 60.1. The fraction of sp³-hybridized carbons (Fsp3) is 0.312. The highest BCUT2D eigenvalue weighted by Crippen LogP contribution is 2.27. The van der Waals surface area contributed by atoms with Gasteiger partial charge in [-0.1, -0.05) is 6.07 Å². The molecule has 25 heavy (non-hydrogen) atoms. The predicted molar refractivity (Wildman–Crippen MR) is 86.0 cm³/mol. The van der Waals surface area contributed by atoms with E-state index < -0.39 is 32.7 Å². The molecule has 0 aliphatic carbocycles. The average molecular weight is 370 g/mol. The number of rotatable bonds is 4. The Labute approximate surface area is 143 Å². The summed E-state index contributed by atoms with van der Waals surface area (Å²) in [5.41, 5.74) is 0.451. The lowest BCUT2D eigenvalue weighted by Crippen LogP contribution is -2.56. The molecule has 9 heteroatoms. The number of hydrogen-bond donors (Lipinski definition) is 0. The summed E-state index contributed by atoms with van der Waals surface area (Å²) in [5.74, 6) is -1.93. The molecule has 0 spiro atoms. The van der Waals surface area contributed by atoms with Crippen LogP contribution in [0.1, 0.15) is 5.69 Å². The molecule has 0 saturated carbocycles. The lowest BCUT2D eigenvalue weighted by molar-refractivity contribution is 0.0755. The number of hydrogen-bond acceptors (Lipinski definition) is 4. The van der Waals surface area contributed by atoms with E-state index >= 15 is 0 Å². The van der Waals surface area contributed by atoms with Gasteiger partial charge in [-0.05, 0) is 25.1 Å². The van der Waals surface area contributed by atoms with Gasteiger partial charge >= 0.3 is 0 Å². The van der Waals surface area contributed by atoms with Crippen molar-refractivity contribution in [3.8, 4) is 5.75 Å². The first-order valence-corrected chi connectivity index (χ1v) is 8.92. The highest BCUT2D eigenvalue weighted by atomic mass is 32.2. The highest BCUT2D eigenvalue weighted by Gasteiger charge is 2.40. The summed E-state index contributed by atoms with van der Waals surface area (Å²) in [7, 11) is -2.65. The first-order valence-electron chi connectivity index (χ1n) is 7.48. The lowest BCUT2D eigenvalue weighted by atomic mass is 10.2. The van der Waals surface area contributed by atoms with Crippen LogP contribution >= 0.6 is 0 Å². The molecule has 0 amide bonds. The Balaban J connectivity index is 1.73. The number of aromatic nitrogens is 1. The predicted octanol–water partition coefficient (Wildman–Crippen LogP) is 1.42. The third-order valence-corrected chi connectivity index (χ3v) is 5.99. The van der Waals surface area contributed by atoms with Gasteiger partial charge in [0.15, 0.2) is 4.90 Å². The van der Waals surface area contributed by atoms with Gasteiger partial charge in [-0.25, -0.2) is 17.2 Å². The van der Waals surface area contributed by atoms with Crippen molar-refractivity contribution in [2.24, 2.45) is 7.05 Å². The SMILES string of the molecule is Cc1cc(OC2CN(S(=O)(=O)c3c(F)cccc3F)C2)cc(=O)n1C. The number of aryl methyl sites for hydroxylation is 1. The van der Waals surface area contributed by atoms with Crippen molar-refractivity contribution in [3.63, 3.8) is 0 Å². The van der Waals surface area contributed by atoms with Crippen LogP contribution in [0, 0.1) is 18.6 Å². The van der Waals surface area contributed by atoms with Crippen LogP contribution in [0.15, 0.2) is 40.0 Å². The van der Waals surface area contributed by atoms with E-state index in [4.69, 9.17) is 4.74 Å². The molecule has 1 aliphatic rings. The van der Waals surface area contributed by atoms with Gasteiger partial charge in [0, 0.05) is 18.8 Å². The third-order valence-electron chi connectivity index (χ3n) is 4.11. The summed E-state index contributed by atoms with van der Waals surface area (Å²) in [6.07, 6.45) is -0.490. The van der Waals surface area contributed by atoms with Crippen molar-refractivity contribution in [2.75, 3.05) is 13.1 Å². The molecule has 0 unspecified atom stereocenters. The molecule has 1 aromatic carbocycles. The van der Waals surface area contributed by atoms with Crippen LogP contribution in [0.5, 0.6) is 5.75 Å².